The lowest BCUT2D eigenvalue weighted by Crippen LogP contribution is -2.28. The lowest BCUT2D eigenvalue weighted by molar-refractivity contribution is -0.151. The number of esters is 4. The van der Waals surface area contributed by atoms with Crippen LogP contribution in [-0.2, 0) is 44.5 Å². The van der Waals surface area contributed by atoms with Gasteiger partial charge in [-0.3, -0.25) is 19.2 Å². The molecular formula is C82H155N3O10. The summed E-state index contributed by atoms with van der Waals surface area (Å²) in [5.41, 5.74) is 0. The second-order valence-electron chi connectivity index (χ2n) is 29.0. The molecule has 1 atom stereocenters. The fourth-order valence-electron chi connectivity index (χ4n) is 13.6. The molecule has 0 amide bonds. The van der Waals surface area contributed by atoms with E-state index in [1.807, 2.05) is 6.92 Å². The number of aliphatic hydroxyl groups excluding tert-OH is 1. The van der Waals surface area contributed by atoms with E-state index in [2.05, 4.69) is 49.7 Å². The first-order valence-electron chi connectivity index (χ1n) is 41.4. The van der Waals surface area contributed by atoms with Crippen molar-refractivity contribution in [2.75, 3.05) is 39.5 Å². The Morgan fingerprint density at radius 2 is 0.800 bits per heavy atom. The van der Waals surface area contributed by atoms with Crippen LogP contribution in [0.2, 0.25) is 0 Å². The maximum absolute atomic E-state index is 12.8. The van der Waals surface area contributed by atoms with Gasteiger partial charge in [0.2, 0.25) is 11.8 Å². The SMILES string of the molecule is CCCCCCCCCOC(=O)CCCCCCCN(CCCCCCCC(=O)OC(CCCCCCCC)CCCCCCCC)CCc1nnc(C)o1.CCCCCCCOC(=O)CCCCCCCC(CCO)CCCCCC(=O)OC1CCC(CCCCC)CC1. The summed E-state index contributed by atoms with van der Waals surface area (Å²) in [4.78, 5) is 51.6. The molecule has 0 aliphatic heterocycles. The van der Waals surface area contributed by atoms with Gasteiger partial charge in [0, 0.05) is 52.2 Å². The smallest absolute Gasteiger partial charge is 0.306 e. The Kier molecular flexibility index (Phi) is 65.7. The third-order valence-electron chi connectivity index (χ3n) is 19.8. The van der Waals surface area contributed by atoms with E-state index in [9.17, 15) is 24.3 Å². The van der Waals surface area contributed by atoms with Crippen molar-refractivity contribution in [1.82, 2.24) is 15.1 Å². The number of carbonyl (C=O) groups is 4. The summed E-state index contributed by atoms with van der Waals surface area (Å²) in [6, 6.07) is 0. The molecule has 1 aliphatic carbocycles. The minimum Gasteiger partial charge on any atom is -0.466 e. The number of aromatic nitrogens is 2. The highest BCUT2D eigenvalue weighted by Crippen LogP contribution is 2.31. The normalized spacial score (nSPS) is 14.3. The van der Waals surface area contributed by atoms with Crippen molar-refractivity contribution >= 4 is 23.9 Å². The predicted octanol–water partition coefficient (Wildman–Crippen LogP) is 23.5. The molecule has 1 fully saturated rings. The maximum atomic E-state index is 12.8. The quantitative estimate of drug-likeness (QED) is 0.0372. The van der Waals surface area contributed by atoms with Gasteiger partial charge in [0.1, 0.15) is 12.2 Å². The Morgan fingerprint density at radius 1 is 0.421 bits per heavy atom. The number of aliphatic hydroxyl groups is 1. The number of nitrogens with zero attached hydrogens (tertiary/aromatic N) is 3. The maximum Gasteiger partial charge on any atom is 0.306 e. The van der Waals surface area contributed by atoms with E-state index >= 15 is 0 Å². The predicted molar refractivity (Wildman–Crippen MR) is 396 cm³/mol. The first-order valence-corrected chi connectivity index (χ1v) is 41.4. The van der Waals surface area contributed by atoms with Gasteiger partial charge in [0.15, 0.2) is 0 Å². The third kappa shape index (κ3) is 60.6. The van der Waals surface area contributed by atoms with E-state index in [0.717, 1.165) is 179 Å². The van der Waals surface area contributed by atoms with Crippen LogP contribution in [0.4, 0.5) is 0 Å². The van der Waals surface area contributed by atoms with E-state index < -0.39 is 0 Å². The van der Waals surface area contributed by atoms with Gasteiger partial charge in [-0.05, 0) is 134 Å². The van der Waals surface area contributed by atoms with Crippen LogP contribution in [0.1, 0.15) is 425 Å². The molecule has 558 valence electrons. The summed E-state index contributed by atoms with van der Waals surface area (Å²) < 4.78 is 28.3. The van der Waals surface area contributed by atoms with E-state index in [1.54, 1.807) is 0 Å². The Hall–Kier alpha value is -3.06. The number of aryl methyl sites for hydroxylation is 1. The van der Waals surface area contributed by atoms with E-state index in [0.29, 0.717) is 50.7 Å². The molecule has 1 heterocycles. The Bertz CT molecular complexity index is 1800. The molecule has 0 aromatic carbocycles. The highest BCUT2D eigenvalue weighted by Gasteiger charge is 2.24. The van der Waals surface area contributed by atoms with Crippen molar-refractivity contribution in [2.24, 2.45) is 11.8 Å². The van der Waals surface area contributed by atoms with Crippen molar-refractivity contribution < 1.29 is 47.6 Å². The average Bonchev–Trinajstić information content (AvgIpc) is 2.80. The first-order chi connectivity index (χ1) is 46.6. The average molecular weight is 1340 g/mol. The third-order valence-corrected chi connectivity index (χ3v) is 19.8. The summed E-state index contributed by atoms with van der Waals surface area (Å²) in [6.45, 7) is 17.6. The van der Waals surface area contributed by atoms with Crippen molar-refractivity contribution in [2.45, 2.75) is 439 Å². The van der Waals surface area contributed by atoms with Crippen LogP contribution in [0.5, 0.6) is 0 Å². The van der Waals surface area contributed by atoms with E-state index in [1.165, 1.54) is 212 Å². The Balaban J connectivity index is 0.000000999. The largest absolute Gasteiger partial charge is 0.466 e. The van der Waals surface area contributed by atoms with Crippen molar-refractivity contribution in [1.29, 1.82) is 0 Å². The number of unbranched alkanes of at least 4 members (excludes halogenated alkanes) is 36. The number of hydrogen-bond acceptors (Lipinski definition) is 13. The Morgan fingerprint density at radius 3 is 1.24 bits per heavy atom. The van der Waals surface area contributed by atoms with Crippen LogP contribution in [0, 0.1) is 18.8 Å². The van der Waals surface area contributed by atoms with E-state index in [4.69, 9.17) is 23.4 Å². The highest BCUT2D eigenvalue weighted by atomic mass is 16.6. The lowest BCUT2D eigenvalue weighted by Gasteiger charge is -2.28. The summed E-state index contributed by atoms with van der Waals surface area (Å²) >= 11 is 0. The fraction of sp³-hybridized carbons (Fsp3) is 0.927. The molecule has 1 aromatic rings. The fourth-order valence-corrected chi connectivity index (χ4v) is 13.6. The summed E-state index contributed by atoms with van der Waals surface area (Å²) in [5, 5.41) is 17.7. The van der Waals surface area contributed by atoms with Crippen molar-refractivity contribution in [3.05, 3.63) is 11.8 Å². The van der Waals surface area contributed by atoms with Crippen molar-refractivity contribution in [3.63, 3.8) is 0 Å². The zero-order valence-corrected chi connectivity index (χ0v) is 63.4. The molecule has 13 heteroatoms. The van der Waals surface area contributed by atoms with Crippen LogP contribution in [0.15, 0.2) is 4.42 Å². The molecular weight excluding hydrogens is 1190 g/mol. The van der Waals surface area contributed by atoms with Gasteiger partial charge in [-0.1, -0.05) is 279 Å². The monoisotopic (exact) mass is 1340 g/mol. The molecule has 1 saturated carbocycles. The van der Waals surface area contributed by atoms with Gasteiger partial charge in [0.25, 0.3) is 0 Å². The van der Waals surface area contributed by atoms with Gasteiger partial charge in [0.05, 0.1) is 13.2 Å². The number of ether oxygens (including phenoxy) is 4. The van der Waals surface area contributed by atoms with Crippen LogP contribution in [0.25, 0.3) is 0 Å². The summed E-state index contributed by atoms with van der Waals surface area (Å²) in [7, 11) is 0. The number of carbonyl (C=O) groups excluding carboxylic acids is 4. The van der Waals surface area contributed by atoms with Gasteiger partial charge in [-0.25, -0.2) is 0 Å². The molecule has 2 rings (SSSR count). The zero-order valence-electron chi connectivity index (χ0n) is 63.4. The van der Waals surface area contributed by atoms with Crippen molar-refractivity contribution in [3.8, 4) is 0 Å². The highest BCUT2D eigenvalue weighted by molar-refractivity contribution is 5.70. The molecule has 1 unspecified atom stereocenters. The first kappa shape index (κ1) is 90.0. The number of hydrogen-bond donors (Lipinski definition) is 1. The van der Waals surface area contributed by atoms with Gasteiger partial charge in [-0.15, -0.1) is 10.2 Å². The standard InChI is InChI=1S/C47H89N3O5.C35H66O5/c1-5-8-11-14-17-26-33-42-53-46(51)36-29-22-18-24-31-39-50(41-38-45-49-48-43(4)54-45)40-32-25-19-23-30-37-47(52)55-44(34-27-20-15-12-9-6-2)35-28-21-16-13-10-7-3;1-3-5-7-11-18-30-39-34(37)22-16-10-8-9-14-20-31(28-29-36)21-15-12-17-23-35(38)40-33-26-24-32(25-27-33)19-13-6-4-2/h44H,5-42H2,1-4H3;31-33,36H,3-30H2,1-2H3. The molecule has 1 aromatic heterocycles. The van der Waals surface area contributed by atoms with Gasteiger partial charge < -0.3 is 33.4 Å². The Labute approximate surface area is 585 Å². The van der Waals surface area contributed by atoms with Gasteiger partial charge in [-0.2, -0.15) is 0 Å². The molecule has 1 N–H and O–H groups in total. The molecule has 0 spiro atoms. The van der Waals surface area contributed by atoms with Crippen LogP contribution in [-0.4, -0.2) is 95.7 Å². The molecule has 13 nitrogen and oxygen atoms in total. The molecule has 1 aliphatic rings. The number of rotatable bonds is 69. The molecule has 0 saturated heterocycles. The van der Waals surface area contributed by atoms with Gasteiger partial charge >= 0.3 is 23.9 Å². The zero-order chi connectivity index (χ0) is 69.0. The molecule has 0 radical (unpaired) electrons. The minimum atomic E-state index is -0.0351. The lowest BCUT2D eigenvalue weighted by atomic mass is 9.84. The van der Waals surface area contributed by atoms with Crippen LogP contribution in [0.3, 0.4) is 0 Å². The topological polar surface area (TPSA) is 168 Å². The van der Waals surface area contributed by atoms with Crippen LogP contribution < -0.4 is 0 Å². The summed E-state index contributed by atoms with van der Waals surface area (Å²) in [5.74, 6) is 2.72. The molecule has 0 bridgehead atoms. The molecule has 95 heavy (non-hydrogen) atoms. The van der Waals surface area contributed by atoms with Crippen LogP contribution >= 0.6 is 0 Å². The summed E-state index contributed by atoms with van der Waals surface area (Å²) in [6.07, 6.45) is 68.0. The van der Waals surface area contributed by atoms with E-state index in [-0.39, 0.29) is 42.7 Å². The minimum absolute atomic E-state index is 0.00277. The second kappa shape index (κ2) is 69.4. The second-order valence-corrected chi connectivity index (χ2v) is 29.0.